The van der Waals surface area contributed by atoms with Crippen molar-refractivity contribution >= 4 is 23.5 Å². The van der Waals surface area contributed by atoms with Crippen LogP contribution in [0.3, 0.4) is 0 Å². The van der Waals surface area contributed by atoms with Gasteiger partial charge in [-0.05, 0) is 23.3 Å². The molecule has 0 radical (unpaired) electrons. The van der Waals surface area contributed by atoms with E-state index in [1.54, 1.807) is 7.11 Å². The second-order valence-electron chi connectivity index (χ2n) is 7.04. The van der Waals surface area contributed by atoms with E-state index in [9.17, 15) is 14.4 Å². The van der Waals surface area contributed by atoms with Crippen LogP contribution in [0, 0.1) is 0 Å². The molecule has 0 saturated carbocycles. The molecule has 3 rings (SSSR count). The Morgan fingerprint density at radius 1 is 1.10 bits per heavy atom. The van der Waals surface area contributed by atoms with Crippen LogP contribution in [0.4, 0.5) is 0 Å². The smallest absolute Gasteiger partial charge is 0.308 e. The van der Waals surface area contributed by atoms with Crippen LogP contribution < -0.4 is 10.1 Å². The maximum atomic E-state index is 12.9. The first-order valence-corrected chi connectivity index (χ1v) is 9.97. The van der Waals surface area contributed by atoms with Crippen molar-refractivity contribution in [3.8, 4) is 5.75 Å². The average molecular weight is 423 g/mol. The number of nitrogens with zero attached hydrogens (tertiary/aromatic N) is 2. The molecule has 8 heteroatoms. The highest BCUT2D eigenvalue weighted by molar-refractivity contribution is 6.03. The Morgan fingerprint density at radius 3 is 2.45 bits per heavy atom. The summed E-state index contributed by atoms with van der Waals surface area (Å²) in [5, 5.41) is 8.44. The van der Waals surface area contributed by atoms with Crippen LogP contribution in [0.25, 0.3) is 0 Å². The number of nitrogens with one attached hydrogen (secondary N) is 1. The van der Waals surface area contributed by atoms with Crippen LogP contribution in [0.15, 0.2) is 59.7 Å². The Labute approximate surface area is 180 Å². The summed E-state index contributed by atoms with van der Waals surface area (Å²) in [5.41, 5.74) is 2.62. The second-order valence-corrected chi connectivity index (χ2v) is 7.04. The molecule has 0 aliphatic carbocycles. The van der Waals surface area contributed by atoms with E-state index in [2.05, 4.69) is 10.4 Å². The number of ether oxygens (including phenoxy) is 2. The van der Waals surface area contributed by atoms with Crippen molar-refractivity contribution in [3.63, 3.8) is 0 Å². The number of rotatable bonds is 8. The van der Waals surface area contributed by atoms with Gasteiger partial charge in [-0.1, -0.05) is 42.5 Å². The van der Waals surface area contributed by atoms with Gasteiger partial charge in [0, 0.05) is 19.9 Å². The van der Waals surface area contributed by atoms with Crippen molar-refractivity contribution in [2.75, 3.05) is 20.3 Å². The minimum atomic E-state index is -0.561. The van der Waals surface area contributed by atoms with Gasteiger partial charge >= 0.3 is 5.97 Å². The maximum absolute atomic E-state index is 12.9. The first kappa shape index (κ1) is 22.0. The molecule has 1 N–H and O–H groups in total. The van der Waals surface area contributed by atoms with Crippen LogP contribution >= 0.6 is 0 Å². The van der Waals surface area contributed by atoms with E-state index in [0.717, 1.165) is 22.6 Å². The van der Waals surface area contributed by atoms with Crippen LogP contribution in [0.1, 0.15) is 36.9 Å². The number of hydrazone groups is 1. The van der Waals surface area contributed by atoms with Gasteiger partial charge in [-0.25, -0.2) is 5.01 Å². The van der Waals surface area contributed by atoms with E-state index in [1.807, 2.05) is 54.6 Å². The molecule has 162 valence electrons. The van der Waals surface area contributed by atoms with E-state index in [4.69, 9.17) is 9.47 Å². The van der Waals surface area contributed by atoms with Crippen LogP contribution in [0.5, 0.6) is 5.75 Å². The first-order chi connectivity index (χ1) is 15.0. The van der Waals surface area contributed by atoms with E-state index in [1.165, 1.54) is 11.9 Å². The summed E-state index contributed by atoms with van der Waals surface area (Å²) >= 11 is 0. The number of methoxy groups -OCH3 is 1. The van der Waals surface area contributed by atoms with E-state index in [-0.39, 0.29) is 24.9 Å². The van der Waals surface area contributed by atoms with E-state index >= 15 is 0 Å². The van der Waals surface area contributed by atoms with Gasteiger partial charge in [-0.3, -0.25) is 14.4 Å². The van der Waals surface area contributed by atoms with Crippen molar-refractivity contribution in [2.45, 2.75) is 25.8 Å². The Kier molecular flexibility index (Phi) is 7.37. The predicted octanol–water partition coefficient (Wildman–Crippen LogP) is 2.44. The third-order valence-electron chi connectivity index (χ3n) is 4.83. The molecule has 1 aliphatic rings. The van der Waals surface area contributed by atoms with Crippen LogP contribution in [-0.4, -0.2) is 48.8 Å². The van der Waals surface area contributed by atoms with Crippen LogP contribution in [-0.2, 0) is 19.1 Å². The Balaban J connectivity index is 1.72. The zero-order chi connectivity index (χ0) is 22.2. The lowest BCUT2D eigenvalue weighted by molar-refractivity contribution is -0.152. The van der Waals surface area contributed by atoms with Gasteiger partial charge in [-0.15, -0.1) is 0 Å². The highest BCUT2D eigenvalue weighted by atomic mass is 16.5. The van der Waals surface area contributed by atoms with E-state index < -0.39 is 18.5 Å². The molecular weight excluding hydrogens is 398 g/mol. The second kappa shape index (κ2) is 10.4. The quantitative estimate of drug-likeness (QED) is 0.658. The van der Waals surface area contributed by atoms with Gasteiger partial charge in [0.25, 0.3) is 5.91 Å². The summed E-state index contributed by atoms with van der Waals surface area (Å²) in [4.78, 5) is 35.6. The molecule has 2 aromatic carbocycles. The number of esters is 1. The number of amides is 2. The number of hydrogen-bond acceptors (Lipinski definition) is 6. The standard InChI is InChI=1S/C23H25N3O5/c1-16(27)24-13-12-23(29)31-15-22(28)26-21(18-8-10-19(30-2)11-9-18)14-20(25-26)17-6-4-3-5-7-17/h3-11,21H,12-15H2,1-2H3,(H,24,27)/t21-/m1/s1. The van der Waals surface area contributed by atoms with Crippen molar-refractivity contribution in [1.82, 2.24) is 10.3 Å². The van der Waals surface area contributed by atoms with Gasteiger partial charge in [-0.2, -0.15) is 5.10 Å². The van der Waals surface area contributed by atoms with Crippen molar-refractivity contribution < 1.29 is 23.9 Å². The fraction of sp³-hybridized carbons (Fsp3) is 0.304. The van der Waals surface area contributed by atoms with Gasteiger partial charge in [0.05, 0.1) is 25.3 Å². The highest BCUT2D eigenvalue weighted by Gasteiger charge is 2.33. The molecule has 2 amide bonds. The molecule has 1 aliphatic heterocycles. The molecule has 8 nitrogen and oxygen atoms in total. The summed E-state index contributed by atoms with van der Waals surface area (Å²) in [6.07, 6.45) is 0.534. The molecule has 0 spiro atoms. The third-order valence-corrected chi connectivity index (χ3v) is 4.83. The lowest BCUT2D eigenvalue weighted by atomic mass is 9.98. The molecule has 0 aromatic heterocycles. The number of carbonyl (C=O) groups is 3. The topological polar surface area (TPSA) is 97.3 Å². The SMILES string of the molecule is COc1ccc([C@H]2CC(c3ccccc3)=NN2C(=O)COC(=O)CCNC(C)=O)cc1. The minimum absolute atomic E-state index is 0.00665. The fourth-order valence-electron chi connectivity index (χ4n) is 3.25. The molecule has 31 heavy (non-hydrogen) atoms. The summed E-state index contributed by atoms with van der Waals surface area (Å²) < 4.78 is 10.3. The summed E-state index contributed by atoms with van der Waals surface area (Å²) in [6.45, 7) is 1.11. The van der Waals surface area contributed by atoms with Gasteiger partial charge < -0.3 is 14.8 Å². The van der Waals surface area contributed by atoms with E-state index in [0.29, 0.717) is 6.42 Å². The largest absolute Gasteiger partial charge is 0.497 e. The highest BCUT2D eigenvalue weighted by Crippen LogP contribution is 2.33. The van der Waals surface area contributed by atoms with Crippen molar-refractivity contribution in [2.24, 2.45) is 5.10 Å². The zero-order valence-electron chi connectivity index (χ0n) is 17.5. The van der Waals surface area contributed by atoms with Crippen LogP contribution in [0.2, 0.25) is 0 Å². The Bertz CT molecular complexity index is 957. The molecule has 0 saturated heterocycles. The van der Waals surface area contributed by atoms with Gasteiger partial charge in [0.2, 0.25) is 5.91 Å². The third kappa shape index (κ3) is 5.91. The fourth-order valence-corrected chi connectivity index (χ4v) is 3.25. The number of benzene rings is 2. The predicted molar refractivity (Wildman–Crippen MR) is 114 cm³/mol. The first-order valence-electron chi connectivity index (χ1n) is 9.97. The number of carbonyl (C=O) groups excluding carboxylic acids is 3. The summed E-state index contributed by atoms with van der Waals surface area (Å²) in [6, 6.07) is 16.8. The molecule has 0 fully saturated rings. The summed E-state index contributed by atoms with van der Waals surface area (Å²) in [7, 11) is 1.59. The normalized spacial score (nSPS) is 15.2. The molecule has 1 heterocycles. The van der Waals surface area contributed by atoms with Crippen molar-refractivity contribution in [3.05, 3.63) is 65.7 Å². The monoisotopic (exact) mass is 423 g/mol. The lowest BCUT2D eigenvalue weighted by Gasteiger charge is -2.22. The van der Waals surface area contributed by atoms with Crippen molar-refractivity contribution in [1.29, 1.82) is 0 Å². The Morgan fingerprint density at radius 2 is 1.81 bits per heavy atom. The molecule has 2 aromatic rings. The molecule has 0 unspecified atom stereocenters. The lowest BCUT2D eigenvalue weighted by Crippen LogP contribution is -2.32. The van der Waals surface area contributed by atoms with Gasteiger partial charge in [0.15, 0.2) is 6.61 Å². The molecular formula is C23H25N3O5. The minimum Gasteiger partial charge on any atom is -0.497 e. The molecule has 1 atom stereocenters. The Hall–Kier alpha value is -3.68. The summed E-state index contributed by atoms with van der Waals surface area (Å²) in [5.74, 6) is -0.489. The maximum Gasteiger partial charge on any atom is 0.308 e. The number of hydrogen-bond donors (Lipinski definition) is 1. The van der Waals surface area contributed by atoms with Gasteiger partial charge in [0.1, 0.15) is 5.75 Å². The molecule has 0 bridgehead atoms. The average Bonchev–Trinajstić information content (AvgIpc) is 3.23. The zero-order valence-corrected chi connectivity index (χ0v) is 17.5.